The molecule has 2 aromatic heterocycles. The first-order chi connectivity index (χ1) is 17.3. The molecule has 5 rings (SSSR count). The summed E-state index contributed by atoms with van der Waals surface area (Å²) >= 11 is 7.20. The number of pyridine rings is 1. The minimum atomic E-state index is -3.54. The van der Waals surface area contributed by atoms with E-state index in [4.69, 9.17) is 11.6 Å². The predicted octanol–water partition coefficient (Wildman–Crippen LogP) is 5.77. The van der Waals surface area contributed by atoms with E-state index in [9.17, 15) is 22.0 Å². The van der Waals surface area contributed by atoms with Crippen LogP contribution in [0, 0.1) is 18.2 Å². The molecule has 0 bridgehead atoms. The molecule has 1 spiro atoms. The van der Waals surface area contributed by atoms with Crippen molar-refractivity contribution in [1.29, 1.82) is 0 Å². The topological polar surface area (TPSA) is 91.4 Å². The third-order valence-electron chi connectivity index (χ3n) is 6.61. The van der Waals surface area contributed by atoms with E-state index < -0.39 is 33.1 Å². The van der Waals surface area contributed by atoms with Gasteiger partial charge in [0.1, 0.15) is 5.69 Å². The van der Waals surface area contributed by atoms with Crippen molar-refractivity contribution in [2.75, 3.05) is 34.3 Å². The van der Waals surface area contributed by atoms with Crippen molar-refractivity contribution in [3.05, 3.63) is 57.1 Å². The molecule has 196 valence electrons. The molecule has 1 amide bonds. The van der Waals surface area contributed by atoms with Crippen molar-refractivity contribution >= 4 is 55.9 Å². The van der Waals surface area contributed by atoms with Crippen LogP contribution in [0.4, 0.5) is 30.2 Å². The number of carbonyl (C=O) groups excluding carboxylic acids is 1. The molecule has 3 heterocycles. The Labute approximate surface area is 220 Å². The highest BCUT2D eigenvalue weighted by Crippen LogP contribution is 2.65. The Morgan fingerprint density at radius 3 is 2.51 bits per heavy atom. The Kier molecular flexibility index (Phi) is 6.19. The Hall–Kier alpha value is -2.83. The van der Waals surface area contributed by atoms with Crippen LogP contribution in [0.1, 0.15) is 27.4 Å². The maximum absolute atomic E-state index is 15.1. The lowest BCUT2D eigenvalue weighted by molar-refractivity contribution is 0.0711. The lowest BCUT2D eigenvalue weighted by atomic mass is 10.1. The molecule has 3 aromatic rings. The monoisotopic (exact) mass is 570 g/mol. The maximum atomic E-state index is 15.1. The van der Waals surface area contributed by atoms with E-state index in [1.165, 1.54) is 36.5 Å². The molecule has 1 saturated heterocycles. The van der Waals surface area contributed by atoms with Gasteiger partial charge in [-0.05, 0) is 37.6 Å². The first-order valence-electron chi connectivity index (χ1n) is 11.2. The lowest BCUT2D eigenvalue weighted by Gasteiger charge is -2.19. The SMILES string of the molecule is Cc1sc(C(=O)Nc2cc(Cl)cc(NS(C)(=O)=O)c2)cc1-c1ncc(N2CCC3(C2)CC3(F)F)cc1F. The van der Waals surface area contributed by atoms with E-state index in [0.717, 1.165) is 17.6 Å². The second kappa shape index (κ2) is 8.88. The van der Waals surface area contributed by atoms with Crippen LogP contribution in [0.2, 0.25) is 5.02 Å². The molecule has 1 aliphatic carbocycles. The van der Waals surface area contributed by atoms with Gasteiger partial charge in [0.2, 0.25) is 10.0 Å². The van der Waals surface area contributed by atoms with E-state index in [1.807, 2.05) is 0 Å². The summed E-state index contributed by atoms with van der Waals surface area (Å²) in [7, 11) is -3.54. The van der Waals surface area contributed by atoms with Gasteiger partial charge in [0.25, 0.3) is 11.8 Å². The van der Waals surface area contributed by atoms with E-state index in [-0.39, 0.29) is 39.9 Å². The quantitative estimate of drug-likeness (QED) is 0.393. The highest BCUT2D eigenvalue weighted by molar-refractivity contribution is 7.92. The van der Waals surface area contributed by atoms with Gasteiger partial charge in [0, 0.05) is 46.7 Å². The third-order valence-corrected chi connectivity index (χ3v) is 8.49. The number of aryl methyl sites for hydroxylation is 1. The maximum Gasteiger partial charge on any atom is 0.265 e. The van der Waals surface area contributed by atoms with Crippen molar-refractivity contribution in [2.45, 2.75) is 25.7 Å². The summed E-state index contributed by atoms with van der Waals surface area (Å²) in [6.45, 7) is 2.33. The van der Waals surface area contributed by atoms with Gasteiger partial charge >= 0.3 is 0 Å². The molecule has 7 nitrogen and oxygen atoms in total. The summed E-state index contributed by atoms with van der Waals surface area (Å²) in [6.07, 6.45) is 2.70. The highest BCUT2D eigenvalue weighted by Gasteiger charge is 2.72. The smallest absolute Gasteiger partial charge is 0.265 e. The number of hydrogen-bond donors (Lipinski definition) is 2. The molecule has 2 N–H and O–H groups in total. The zero-order chi connectivity index (χ0) is 26.8. The van der Waals surface area contributed by atoms with Crippen molar-refractivity contribution < 1.29 is 26.4 Å². The van der Waals surface area contributed by atoms with Crippen LogP contribution in [0.15, 0.2) is 36.5 Å². The van der Waals surface area contributed by atoms with Crippen LogP contribution >= 0.6 is 22.9 Å². The number of amides is 1. The lowest BCUT2D eigenvalue weighted by Crippen LogP contribution is -2.22. The normalized spacial score (nSPS) is 20.3. The summed E-state index contributed by atoms with van der Waals surface area (Å²) in [5.41, 5.74) is 0.412. The standard InChI is InChI=1S/C24H22ClF3N4O3S2/c1-13-18(21-19(26)8-17(10-29-21)32-4-3-23(12-32)11-24(23,27)28)9-20(36-13)22(33)30-15-5-14(25)6-16(7-15)31-37(2,34)35/h5-10,31H,3-4,11-12H2,1-2H3,(H,30,33). The largest absolute Gasteiger partial charge is 0.369 e. The number of alkyl halides is 2. The van der Waals surface area contributed by atoms with E-state index in [2.05, 4.69) is 15.0 Å². The van der Waals surface area contributed by atoms with Crippen molar-refractivity contribution in [3.8, 4) is 11.3 Å². The molecule has 1 atom stereocenters. The van der Waals surface area contributed by atoms with Gasteiger partial charge in [-0.25, -0.2) is 21.6 Å². The van der Waals surface area contributed by atoms with Gasteiger partial charge in [-0.15, -0.1) is 11.3 Å². The average Bonchev–Trinajstić information content (AvgIpc) is 3.10. The summed E-state index contributed by atoms with van der Waals surface area (Å²) in [5.74, 6) is -3.76. The number of nitrogens with zero attached hydrogens (tertiary/aromatic N) is 2. The molecule has 37 heavy (non-hydrogen) atoms. The van der Waals surface area contributed by atoms with Crippen molar-refractivity contribution in [3.63, 3.8) is 0 Å². The van der Waals surface area contributed by atoms with Gasteiger partial charge in [0.05, 0.1) is 34.1 Å². The van der Waals surface area contributed by atoms with Crippen LogP contribution in [-0.2, 0) is 10.0 Å². The number of rotatable bonds is 6. The van der Waals surface area contributed by atoms with Crippen LogP contribution in [0.3, 0.4) is 0 Å². The van der Waals surface area contributed by atoms with Crippen LogP contribution in [-0.4, -0.2) is 44.6 Å². The zero-order valence-electron chi connectivity index (χ0n) is 19.7. The van der Waals surface area contributed by atoms with Gasteiger partial charge in [0.15, 0.2) is 5.82 Å². The number of sulfonamides is 1. The van der Waals surface area contributed by atoms with Gasteiger partial charge < -0.3 is 10.2 Å². The molecule has 1 unspecified atom stereocenters. The number of hydrogen-bond acceptors (Lipinski definition) is 6. The van der Waals surface area contributed by atoms with E-state index in [0.29, 0.717) is 29.1 Å². The number of nitrogens with one attached hydrogen (secondary N) is 2. The van der Waals surface area contributed by atoms with Crippen molar-refractivity contribution in [2.24, 2.45) is 5.41 Å². The molecule has 1 saturated carbocycles. The number of anilines is 3. The Morgan fingerprint density at radius 2 is 1.89 bits per heavy atom. The molecule has 2 aliphatic rings. The summed E-state index contributed by atoms with van der Waals surface area (Å²) in [5, 5.41) is 2.88. The first kappa shape index (κ1) is 25.8. The van der Waals surface area contributed by atoms with E-state index >= 15 is 4.39 Å². The molecular formula is C24H22ClF3N4O3S2. The zero-order valence-corrected chi connectivity index (χ0v) is 22.1. The molecule has 2 fully saturated rings. The fourth-order valence-corrected chi connectivity index (χ4v) is 6.37. The molecule has 0 radical (unpaired) electrons. The second-order valence-electron chi connectivity index (χ2n) is 9.49. The number of halogens is 4. The summed E-state index contributed by atoms with van der Waals surface area (Å²) in [4.78, 5) is 19.8. The predicted molar refractivity (Wildman–Crippen MR) is 139 cm³/mol. The minimum Gasteiger partial charge on any atom is -0.369 e. The number of thiophene rings is 1. The van der Waals surface area contributed by atoms with Gasteiger partial charge in [-0.1, -0.05) is 11.6 Å². The third kappa shape index (κ3) is 5.14. The molecule has 1 aliphatic heterocycles. The van der Waals surface area contributed by atoms with Crippen LogP contribution in [0.5, 0.6) is 0 Å². The van der Waals surface area contributed by atoms with Crippen LogP contribution in [0.25, 0.3) is 11.3 Å². The Bertz CT molecular complexity index is 1530. The number of carbonyl (C=O) groups is 1. The average molecular weight is 571 g/mol. The highest BCUT2D eigenvalue weighted by atomic mass is 35.5. The summed E-state index contributed by atoms with van der Waals surface area (Å²) < 4.78 is 67.9. The fraction of sp³-hybridized carbons (Fsp3) is 0.333. The van der Waals surface area contributed by atoms with Gasteiger partial charge in [-0.3, -0.25) is 14.5 Å². The second-order valence-corrected chi connectivity index (χ2v) is 12.9. The van der Waals surface area contributed by atoms with Crippen molar-refractivity contribution in [1.82, 2.24) is 4.98 Å². The molecule has 1 aromatic carbocycles. The number of aromatic nitrogens is 1. The Morgan fingerprint density at radius 1 is 1.19 bits per heavy atom. The molecular weight excluding hydrogens is 549 g/mol. The van der Waals surface area contributed by atoms with Crippen LogP contribution < -0.4 is 14.9 Å². The van der Waals surface area contributed by atoms with E-state index in [1.54, 1.807) is 11.8 Å². The minimum absolute atomic E-state index is 0.0598. The fourth-order valence-electron chi connectivity index (χ4n) is 4.67. The first-order valence-corrected chi connectivity index (χ1v) is 14.3. The summed E-state index contributed by atoms with van der Waals surface area (Å²) in [6, 6.07) is 7.11. The van der Waals surface area contributed by atoms with Gasteiger partial charge in [-0.2, -0.15) is 0 Å². The Balaban J connectivity index is 1.33. The number of benzene rings is 1. The molecule has 13 heteroatoms.